The van der Waals surface area contributed by atoms with Crippen LogP contribution in [0.5, 0.6) is 0 Å². The van der Waals surface area contributed by atoms with Gasteiger partial charge in [-0.3, -0.25) is 9.59 Å². The van der Waals surface area contributed by atoms with Crippen LogP contribution in [0.25, 0.3) is 0 Å². The summed E-state index contributed by atoms with van der Waals surface area (Å²) in [6, 6.07) is 7.30. The lowest BCUT2D eigenvalue weighted by molar-refractivity contribution is -0.136. The van der Waals surface area contributed by atoms with Crippen molar-refractivity contribution < 1.29 is 14.3 Å². The van der Waals surface area contributed by atoms with Crippen LogP contribution in [-0.2, 0) is 9.53 Å². The van der Waals surface area contributed by atoms with E-state index in [0.717, 1.165) is 36.8 Å². The minimum atomic E-state index is -0.437. The van der Waals surface area contributed by atoms with Gasteiger partial charge in [0.05, 0.1) is 6.04 Å². The van der Waals surface area contributed by atoms with Gasteiger partial charge < -0.3 is 15.4 Å². The minimum Gasteiger partial charge on any atom is -0.381 e. The Morgan fingerprint density at radius 3 is 2.23 bits per heavy atom. The number of carbonyl (C=O) groups is 2. The molecular weight excluding hydrogens is 352 g/mol. The third kappa shape index (κ3) is 4.84. The lowest BCUT2D eigenvalue weighted by Crippen LogP contribution is -2.51. The molecule has 0 aliphatic carbocycles. The van der Waals surface area contributed by atoms with E-state index in [-0.39, 0.29) is 35.9 Å². The number of rotatable bonds is 4. The summed E-state index contributed by atoms with van der Waals surface area (Å²) >= 11 is 0. The number of hydrogen-bond acceptors (Lipinski definition) is 4. The van der Waals surface area contributed by atoms with Crippen LogP contribution in [-0.4, -0.2) is 48.9 Å². The molecule has 1 unspecified atom stereocenters. The SMILES string of the molecule is Cc1ccc(C(=O)C2CCN(C(=O)C(N)C3CCOCC3)CC2)cc1.Cl. The maximum Gasteiger partial charge on any atom is 0.239 e. The second kappa shape index (κ2) is 9.49. The van der Waals surface area contributed by atoms with Crippen LogP contribution in [0.15, 0.2) is 24.3 Å². The van der Waals surface area contributed by atoms with Crippen molar-refractivity contribution in [2.75, 3.05) is 26.3 Å². The number of likely N-dealkylation sites (tertiary alicyclic amines) is 1. The van der Waals surface area contributed by atoms with Gasteiger partial charge in [-0.2, -0.15) is 0 Å². The van der Waals surface area contributed by atoms with E-state index in [1.165, 1.54) is 0 Å². The fourth-order valence-electron chi connectivity index (χ4n) is 3.80. The third-order valence-electron chi connectivity index (χ3n) is 5.57. The number of amides is 1. The number of ketones is 1. The molecule has 26 heavy (non-hydrogen) atoms. The summed E-state index contributed by atoms with van der Waals surface area (Å²) in [7, 11) is 0. The zero-order valence-electron chi connectivity index (χ0n) is 15.4. The Morgan fingerprint density at radius 1 is 1.08 bits per heavy atom. The largest absolute Gasteiger partial charge is 0.381 e. The quantitative estimate of drug-likeness (QED) is 0.815. The van der Waals surface area contributed by atoms with Crippen molar-refractivity contribution >= 4 is 24.1 Å². The van der Waals surface area contributed by atoms with Crippen LogP contribution in [0.3, 0.4) is 0 Å². The first-order valence-electron chi connectivity index (χ1n) is 9.29. The lowest BCUT2D eigenvalue weighted by atomic mass is 9.87. The summed E-state index contributed by atoms with van der Waals surface area (Å²) in [6.45, 7) is 4.65. The minimum absolute atomic E-state index is 0. The van der Waals surface area contributed by atoms with Crippen LogP contribution in [0, 0.1) is 18.8 Å². The third-order valence-corrected chi connectivity index (χ3v) is 5.57. The first-order valence-corrected chi connectivity index (χ1v) is 9.29. The average molecular weight is 381 g/mol. The maximum atomic E-state index is 12.7. The molecule has 3 rings (SSSR count). The van der Waals surface area contributed by atoms with Crippen LogP contribution in [0.4, 0.5) is 0 Å². The number of Topliss-reactive ketones (excluding diaryl/α,β-unsaturated/α-hetero) is 1. The molecule has 1 atom stereocenters. The molecule has 0 bridgehead atoms. The Kier molecular flexibility index (Phi) is 7.62. The van der Waals surface area contributed by atoms with E-state index >= 15 is 0 Å². The average Bonchev–Trinajstić information content (AvgIpc) is 2.67. The number of nitrogens with two attached hydrogens (primary N) is 1. The van der Waals surface area contributed by atoms with Crippen LogP contribution < -0.4 is 5.73 Å². The van der Waals surface area contributed by atoms with Gasteiger partial charge in [0.25, 0.3) is 0 Å². The van der Waals surface area contributed by atoms with E-state index in [4.69, 9.17) is 10.5 Å². The smallest absolute Gasteiger partial charge is 0.239 e. The first kappa shape index (κ1) is 20.9. The topological polar surface area (TPSA) is 72.6 Å². The number of benzene rings is 1. The Labute approximate surface area is 161 Å². The Morgan fingerprint density at radius 2 is 1.65 bits per heavy atom. The van der Waals surface area contributed by atoms with E-state index in [1.54, 1.807) is 0 Å². The van der Waals surface area contributed by atoms with E-state index < -0.39 is 6.04 Å². The highest BCUT2D eigenvalue weighted by Gasteiger charge is 2.33. The summed E-state index contributed by atoms with van der Waals surface area (Å²) in [6.07, 6.45) is 3.16. The van der Waals surface area contributed by atoms with Gasteiger partial charge in [-0.25, -0.2) is 0 Å². The molecule has 1 aromatic rings. The molecule has 2 fully saturated rings. The molecule has 0 spiro atoms. The number of piperidine rings is 1. The molecule has 2 aliphatic heterocycles. The fourth-order valence-corrected chi connectivity index (χ4v) is 3.80. The number of carbonyl (C=O) groups excluding carboxylic acids is 2. The Hall–Kier alpha value is -1.43. The molecule has 6 heteroatoms. The molecule has 2 aliphatic rings. The second-order valence-corrected chi connectivity index (χ2v) is 7.31. The van der Waals surface area contributed by atoms with Crippen molar-refractivity contribution in [2.24, 2.45) is 17.6 Å². The number of nitrogens with zero attached hydrogens (tertiary/aromatic N) is 1. The number of ether oxygens (including phenoxy) is 1. The molecule has 1 aromatic carbocycles. The molecular formula is C20H29ClN2O3. The summed E-state index contributed by atoms with van der Waals surface area (Å²) in [5, 5.41) is 0. The fraction of sp³-hybridized carbons (Fsp3) is 0.600. The standard InChI is InChI=1S/C20H28N2O3.ClH/c1-14-2-4-16(5-3-14)19(23)17-6-10-22(11-7-17)20(24)18(21)15-8-12-25-13-9-15;/h2-5,15,17-18H,6-13,21H2,1H3;1H. The van der Waals surface area contributed by atoms with Gasteiger partial charge in [0.2, 0.25) is 5.91 Å². The summed E-state index contributed by atoms with van der Waals surface area (Å²) in [5.41, 5.74) is 8.13. The maximum absolute atomic E-state index is 12.7. The van der Waals surface area contributed by atoms with Gasteiger partial charge in [0, 0.05) is 37.8 Å². The predicted octanol–water partition coefficient (Wildman–Crippen LogP) is 2.59. The highest BCUT2D eigenvalue weighted by molar-refractivity contribution is 5.98. The number of hydrogen-bond donors (Lipinski definition) is 1. The molecule has 0 radical (unpaired) electrons. The van der Waals surface area contributed by atoms with Gasteiger partial charge in [-0.15, -0.1) is 12.4 Å². The molecule has 5 nitrogen and oxygen atoms in total. The highest BCUT2D eigenvalue weighted by atomic mass is 35.5. The van der Waals surface area contributed by atoms with Gasteiger partial charge in [0.1, 0.15) is 0 Å². The number of halogens is 1. The van der Waals surface area contributed by atoms with Crippen molar-refractivity contribution in [1.29, 1.82) is 0 Å². The number of aryl methyl sites for hydroxylation is 1. The molecule has 2 N–H and O–H groups in total. The molecule has 2 saturated heterocycles. The predicted molar refractivity (Wildman–Crippen MR) is 104 cm³/mol. The zero-order chi connectivity index (χ0) is 17.8. The van der Waals surface area contributed by atoms with E-state index in [9.17, 15) is 9.59 Å². The van der Waals surface area contributed by atoms with Crippen molar-refractivity contribution in [3.8, 4) is 0 Å². The van der Waals surface area contributed by atoms with Gasteiger partial charge in [0.15, 0.2) is 5.78 Å². The van der Waals surface area contributed by atoms with Crippen LogP contribution in [0.2, 0.25) is 0 Å². The van der Waals surface area contributed by atoms with Crippen molar-refractivity contribution in [3.63, 3.8) is 0 Å². The Balaban J connectivity index is 0.00000243. The van der Waals surface area contributed by atoms with Gasteiger partial charge >= 0.3 is 0 Å². The Bertz CT molecular complexity index is 606. The van der Waals surface area contributed by atoms with E-state index in [0.29, 0.717) is 26.3 Å². The molecule has 1 amide bonds. The first-order chi connectivity index (χ1) is 12.1. The molecule has 0 aromatic heterocycles. The van der Waals surface area contributed by atoms with Gasteiger partial charge in [-0.05, 0) is 38.5 Å². The molecule has 0 saturated carbocycles. The second-order valence-electron chi connectivity index (χ2n) is 7.31. The van der Waals surface area contributed by atoms with Crippen molar-refractivity contribution in [2.45, 2.75) is 38.6 Å². The normalized spacial score (nSPS) is 20.3. The summed E-state index contributed by atoms with van der Waals surface area (Å²) in [4.78, 5) is 27.1. The van der Waals surface area contributed by atoms with Crippen LogP contribution in [0.1, 0.15) is 41.6 Å². The molecule has 144 valence electrons. The summed E-state index contributed by atoms with van der Waals surface area (Å²) in [5.74, 6) is 0.452. The zero-order valence-corrected chi connectivity index (χ0v) is 16.2. The highest BCUT2D eigenvalue weighted by Crippen LogP contribution is 2.24. The van der Waals surface area contributed by atoms with E-state index in [1.807, 2.05) is 36.1 Å². The monoisotopic (exact) mass is 380 g/mol. The van der Waals surface area contributed by atoms with Gasteiger partial charge in [-0.1, -0.05) is 29.8 Å². The van der Waals surface area contributed by atoms with Crippen molar-refractivity contribution in [1.82, 2.24) is 4.90 Å². The lowest BCUT2D eigenvalue weighted by Gasteiger charge is -2.35. The van der Waals surface area contributed by atoms with Crippen LogP contribution >= 0.6 is 12.4 Å². The summed E-state index contributed by atoms with van der Waals surface area (Å²) < 4.78 is 5.35. The van der Waals surface area contributed by atoms with E-state index in [2.05, 4.69) is 0 Å². The van der Waals surface area contributed by atoms with Crippen molar-refractivity contribution in [3.05, 3.63) is 35.4 Å². The molecule has 2 heterocycles.